The standard InChI is InChI=1S/C8H3F6NO2.2C2H6/c9-5-2-1-4(3-6(5)15(16)17)7(10,11)8(12,13)14;2*1-2/h1-3H;2*1-2H3. The number of hydrogen-bond donors (Lipinski definition) is 0. The highest BCUT2D eigenvalue weighted by Crippen LogP contribution is 2.44. The second-order valence-corrected chi connectivity index (χ2v) is 3.00. The first-order valence-corrected chi connectivity index (χ1v) is 5.96. The molecule has 3 nitrogen and oxygen atoms in total. The number of alkyl halides is 5. The van der Waals surface area contributed by atoms with Gasteiger partial charge in [0.1, 0.15) is 0 Å². The SMILES string of the molecule is CC.CC.O=[N+]([O-])c1cc(C(F)(F)C(F)(F)F)ccc1F. The molecule has 0 radical (unpaired) electrons. The molecule has 0 heterocycles. The highest BCUT2D eigenvalue weighted by Gasteiger charge is 2.59. The van der Waals surface area contributed by atoms with Crippen molar-refractivity contribution >= 4 is 5.69 Å². The van der Waals surface area contributed by atoms with Crippen LogP contribution in [0.2, 0.25) is 0 Å². The third kappa shape index (κ3) is 5.24. The molecule has 21 heavy (non-hydrogen) atoms. The third-order valence-electron chi connectivity index (χ3n) is 1.86. The van der Waals surface area contributed by atoms with Crippen molar-refractivity contribution < 1.29 is 31.3 Å². The molecule has 9 heteroatoms. The van der Waals surface area contributed by atoms with Crippen LogP contribution in [0.3, 0.4) is 0 Å². The molecule has 0 aliphatic heterocycles. The van der Waals surface area contributed by atoms with Crippen LogP contribution in [-0.2, 0) is 5.92 Å². The average Bonchev–Trinajstić information content (AvgIpc) is 2.42. The molecule has 0 atom stereocenters. The average molecular weight is 319 g/mol. The van der Waals surface area contributed by atoms with Crippen LogP contribution in [-0.4, -0.2) is 11.1 Å². The summed E-state index contributed by atoms with van der Waals surface area (Å²) in [4.78, 5) is 8.81. The van der Waals surface area contributed by atoms with Gasteiger partial charge in [0.15, 0.2) is 0 Å². The molecule has 1 rings (SSSR count). The van der Waals surface area contributed by atoms with Gasteiger partial charge in [-0.2, -0.15) is 26.3 Å². The highest BCUT2D eigenvalue weighted by atomic mass is 19.4. The molecule has 0 aromatic heterocycles. The second-order valence-electron chi connectivity index (χ2n) is 3.00. The van der Waals surface area contributed by atoms with Gasteiger partial charge in [-0.05, 0) is 12.1 Å². The summed E-state index contributed by atoms with van der Waals surface area (Å²) < 4.78 is 74.1. The summed E-state index contributed by atoms with van der Waals surface area (Å²) in [5.41, 5.74) is -3.12. The number of hydrogen-bond acceptors (Lipinski definition) is 2. The van der Waals surface area contributed by atoms with Crippen LogP contribution in [0.15, 0.2) is 18.2 Å². The van der Waals surface area contributed by atoms with Crippen LogP contribution >= 0.6 is 0 Å². The molecule has 122 valence electrons. The summed E-state index contributed by atoms with van der Waals surface area (Å²) >= 11 is 0. The highest BCUT2D eigenvalue weighted by molar-refractivity contribution is 5.38. The van der Waals surface area contributed by atoms with Crippen LogP contribution in [0.1, 0.15) is 33.3 Å². The maximum atomic E-state index is 12.8. The topological polar surface area (TPSA) is 43.1 Å². The smallest absolute Gasteiger partial charge is 0.258 e. The van der Waals surface area contributed by atoms with Gasteiger partial charge in [0.25, 0.3) is 0 Å². The molecule has 1 aromatic rings. The number of nitrogens with zero attached hydrogens (tertiary/aromatic N) is 1. The molecule has 0 aliphatic rings. The van der Waals surface area contributed by atoms with Crippen molar-refractivity contribution in [3.63, 3.8) is 0 Å². The third-order valence-corrected chi connectivity index (χ3v) is 1.86. The predicted octanol–water partition coefficient (Wildman–Crippen LogP) is 5.44. The lowest BCUT2D eigenvalue weighted by atomic mass is 10.1. The minimum atomic E-state index is -5.90. The Bertz CT molecular complexity index is 460. The molecule has 0 unspecified atom stereocenters. The molecule has 0 N–H and O–H groups in total. The Balaban J connectivity index is 0. The lowest BCUT2D eigenvalue weighted by Crippen LogP contribution is -2.33. The van der Waals surface area contributed by atoms with Crippen LogP contribution in [0.5, 0.6) is 0 Å². The van der Waals surface area contributed by atoms with E-state index >= 15 is 0 Å². The van der Waals surface area contributed by atoms with Crippen LogP contribution in [0.25, 0.3) is 0 Å². The zero-order chi connectivity index (χ0) is 17.4. The molecular formula is C12H15F6NO2. The van der Waals surface area contributed by atoms with Crippen molar-refractivity contribution in [3.05, 3.63) is 39.7 Å². The molecule has 0 aliphatic carbocycles. The van der Waals surface area contributed by atoms with E-state index < -0.39 is 34.1 Å². The summed E-state index contributed by atoms with van der Waals surface area (Å²) in [5.74, 6) is -6.76. The Morgan fingerprint density at radius 2 is 1.43 bits per heavy atom. The molecule has 1 aromatic carbocycles. The summed E-state index contributed by atoms with van der Waals surface area (Å²) in [5, 5.41) is 10.2. The van der Waals surface area contributed by atoms with E-state index in [4.69, 9.17) is 0 Å². The Hall–Kier alpha value is -1.80. The summed E-state index contributed by atoms with van der Waals surface area (Å²) in [6.45, 7) is 8.00. The lowest BCUT2D eigenvalue weighted by molar-refractivity contribution is -0.387. The van der Waals surface area contributed by atoms with E-state index in [1.54, 1.807) is 0 Å². The summed E-state index contributed by atoms with van der Waals surface area (Å²) in [6.07, 6.45) is -5.90. The van der Waals surface area contributed by atoms with Crippen molar-refractivity contribution in [3.8, 4) is 0 Å². The zero-order valence-corrected chi connectivity index (χ0v) is 11.8. The van der Waals surface area contributed by atoms with Crippen LogP contribution < -0.4 is 0 Å². The molecule has 0 amide bonds. The minimum Gasteiger partial charge on any atom is -0.258 e. The Labute approximate surface area is 117 Å². The van der Waals surface area contributed by atoms with Crippen molar-refractivity contribution in [1.29, 1.82) is 0 Å². The molecule has 0 saturated carbocycles. The van der Waals surface area contributed by atoms with E-state index in [1.165, 1.54) is 0 Å². The molecule has 0 spiro atoms. The fourth-order valence-electron chi connectivity index (χ4n) is 1.01. The Morgan fingerprint density at radius 3 is 1.76 bits per heavy atom. The van der Waals surface area contributed by atoms with E-state index in [0.29, 0.717) is 0 Å². The van der Waals surface area contributed by atoms with Gasteiger partial charge >= 0.3 is 17.8 Å². The van der Waals surface area contributed by atoms with Crippen molar-refractivity contribution in [1.82, 2.24) is 0 Å². The first-order valence-electron chi connectivity index (χ1n) is 5.96. The van der Waals surface area contributed by atoms with E-state index in [-0.39, 0.29) is 18.2 Å². The second kappa shape index (κ2) is 8.48. The molecule has 0 bridgehead atoms. The lowest BCUT2D eigenvalue weighted by Gasteiger charge is -2.19. The largest absolute Gasteiger partial charge is 0.458 e. The van der Waals surface area contributed by atoms with Gasteiger partial charge in [0.2, 0.25) is 5.82 Å². The van der Waals surface area contributed by atoms with Crippen molar-refractivity contribution in [2.75, 3.05) is 0 Å². The molecule has 0 saturated heterocycles. The number of nitro benzene ring substituents is 1. The maximum absolute atomic E-state index is 12.8. The first kappa shape index (κ1) is 21.5. The maximum Gasteiger partial charge on any atom is 0.458 e. The van der Waals surface area contributed by atoms with E-state index in [9.17, 15) is 36.5 Å². The van der Waals surface area contributed by atoms with Gasteiger partial charge in [-0.1, -0.05) is 27.7 Å². The first-order chi connectivity index (χ1) is 9.57. The van der Waals surface area contributed by atoms with E-state index in [0.717, 1.165) is 0 Å². The summed E-state index contributed by atoms with van der Waals surface area (Å²) in [6, 6.07) is 0.200. The summed E-state index contributed by atoms with van der Waals surface area (Å²) in [7, 11) is 0. The quantitative estimate of drug-likeness (QED) is 0.414. The Kier molecular flexibility index (Phi) is 8.68. The number of benzene rings is 1. The molecular weight excluding hydrogens is 304 g/mol. The molecule has 0 fully saturated rings. The number of halogens is 6. The number of rotatable bonds is 2. The van der Waals surface area contributed by atoms with Crippen LogP contribution in [0.4, 0.5) is 32.0 Å². The van der Waals surface area contributed by atoms with Gasteiger partial charge in [0, 0.05) is 11.6 Å². The van der Waals surface area contributed by atoms with Crippen molar-refractivity contribution in [2.45, 2.75) is 39.8 Å². The van der Waals surface area contributed by atoms with Crippen LogP contribution in [0, 0.1) is 15.9 Å². The monoisotopic (exact) mass is 319 g/mol. The fourth-order valence-corrected chi connectivity index (χ4v) is 1.01. The van der Waals surface area contributed by atoms with Crippen molar-refractivity contribution in [2.24, 2.45) is 0 Å². The fraction of sp³-hybridized carbons (Fsp3) is 0.500. The Morgan fingerprint density at radius 1 is 1.00 bits per heavy atom. The van der Waals surface area contributed by atoms with Gasteiger partial charge in [-0.3, -0.25) is 10.1 Å². The van der Waals surface area contributed by atoms with E-state index in [2.05, 4.69) is 0 Å². The van der Waals surface area contributed by atoms with Gasteiger partial charge in [-0.25, -0.2) is 0 Å². The van der Waals surface area contributed by atoms with Gasteiger partial charge in [0.05, 0.1) is 4.92 Å². The minimum absolute atomic E-state index is 0.136. The normalized spacial score (nSPS) is 10.8. The predicted molar refractivity (Wildman–Crippen MR) is 65.7 cm³/mol. The van der Waals surface area contributed by atoms with Gasteiger partial charge < -0.3 is 0 Å². The van der Waals surface area contributed by atoms with E-state index in [1.807, 2.05) is 27.7 Å². The zero-order valence-electron chi connectivity index (χ0n) is 11.8. The number of nitro groups is 1. The van der Waals surface area contributed by atoms with Gasteiger partial charge in [-0.15, -0.1) is 0 Å².